The van der Waals surface area contributed by atoms with Gasteiger partial charge in [-0.2, -0.15) is 0 Å². The number of halogens is 1. The highest BCUT2D eigenvalue weighted by Crippen LogP contribution is 2.56. The van der Waals surface area contributed by atoms with E-state index in [2.05, 4.69) is 28.7 Å². The van der Waals surface area contributed by atoms with Gasteiger partial charge in [-0.15, -0.1) is 0 Å². The molecule has 2 aromatic rings. The molecule has 0 aromatic heterocycles. The molecule has 1 aliphatic carbocycles. The summed E-state index contributed by atoms with van der Waals surface area (Å²) in [5.41, 5.74) is 0.146. The maximum Gasteiger partial charge on any atom is 0.150 e. The molecule has 102 valence electrons. The van der Waals surface area contributed by atoms with E-state index < -0.39 is 7.14 Å². The fourth-order valence-electron chi connectivity index (χ4n) is 2.82. The highest BCUT2D eigenvalue weighted by molar-refractivity contribution is 14.1. The summed E-state index contributed by atoms with van der Waals surface area (Å²) < 4.78 is 15.2. The van der Waals surface area contributed by atoms with Crippen molar-refractivity contribution in [2.75, 3.05) is 0 Å². The molecule has 0 unspecified atom stereocenters. The summed E-state index contributed by atoms with van der Waals surface area (Å²) in [6.07, 6.45) is 4.25. The Morgan fingerprint density at radius 2 is 1.40 bits per heavy atom. The van der Waals surface area contributed by atoms with E-state index in [9.17, 15) is 4.57 Å². The Hall–Kier alpha value is -0.860. The van der Waals surface area contributed by atoms with Crippen LogP contribution in [0.2, 0.25) is 0 Å². The lowest BCUT2D eigenvalue weighted by Gasteiger charge is -2.26. The van der Waals surface area contributed by atoms with Crippen LogP contribution in [0.1, 0.15) is 12.8 Å². The molecule has 0 heterocycles. The van der Waals surface area contributed by atoms with Crippen molar-refractivity contribution in [2.24, 2.45) is 0 Å². The van der Waals surface area contributed by atoms with Crippen molar-refractivity contribution in [3.05, 3.63) is 70.3 Å². The van der Waals surface area contributed by atoms with E-state index >= 15 is 0 Å². The molecule has 0 fully saturated rings. The van der Waals surface area contributed by atoms with Crippen LogP contribution in [0.4, 0.5) is 0 Å². The van der Waals surface area contributed by atoms with Gasteiger partial charge in [-0.05, 0) is 39.0 Å². The monoisotopic (exact) mass is 394 g/mol. The Morgan fingerprint density at radius 1 is 0.900 bits per heavy atom. The van der Waals surface area contributed by atoms with Gasteiger partial charge >= 0.3 is 0 Å². The van der Waals surface area contributed by atoms with Crippen LogP contribution in [-0.2, 0) is 4.57 Å². The highest BCUT2D eigenvalue weighted by Gasteiger charge is 2.39. The Labute approximate surface area is 133 Å². The molecule has 0 spiro atoms. The van der Waals surface area contributed by atoms with Crippen LogP contribution in [0.15, 0.2) is 70.3 Å². The van der Waals surface area contributed by atoms with E-state index in [1.54, 1.807) is 0 Å². The molecule has 0 saturated heterocycles. The maximum absolute atomic E-state index is 14.0. The molecule has 0 radical (unpaired) electrons. The van der Waals surface area contributed by atoms with E-state index in [0.717, 1.165) is 23.5 Å². The van der Waals surface area contributed by atoms with E-state index in [1.165, 1.54) is 3.58 Å². The number of hydrogen-bond donors (Lipinski definition) is 0. The first-order valence-corrected chi connectivity index (χ1v) is 9.65. The van der Waals surface area contributed by atoms with Crippen LogP contribution in [0.3, 0.4) is 0 Å². The second-order valence-electron chi connectivity index (χ2n) is 5.01. The van der Waals surface area contributed by atoms with Crippen molar-refractivity contribution in [1.82, 2.24) is 0 Å². The van der Waals surface area contributed by atoms with Gasteiger partial charge in [0, 0.05) is 10.6 Å². The van der Waals surface area contributed by atoms with Gasteiger partial charge in [0.1, 0.15) is 0 Å². The molecule has 3 rings (SSSR count). The fraction of sp³-hybridized carbons (Fsp3) is 0.176. The first-order chi connectivity index (χ1) is 9.73. The van der Waals surface area contributed by atoms with Crippen LogP contribution in [0.25, 0.3) is 0 Å². The minimum Gasteiger partial charge on any atom is -0.313 e. The third-order valence-corrected chi connectivity index (χ3v) is 9.05. The highest BCUT2D eigenvalue weighted by atomic mass is 127. The summed E-state index contributed by atoms with van der Waals surface area (Å²) >= 11 is 2.36. The third kappa shape index (κ3) is 2.40. The normalized spacial score (nSPS) is 18.9. The Morgan fingerprint density at radius 3 is 1.80 bits per heavy atom. The molecule has 0 bridgehead atoms. The average molecular weight is 394 g/mol. The van der Waals surface area contributed by atoms with Crippen molar-refractivity contribution >= 4 is 40.3 Å². The molecule has 0 aliphatic heterocycles. The van der Waals surface area contributed by atoms with Crippen molar-refractivity contribution in [1.29, 1.82) is 0 Å². The Balaban J connectivity index is 2.19. The minimum absolute atomic E-state index is 0.146. The van der Waals surface area contributed by atoms with Gasteiger partial charge in [-0.3, -0.25) is 0 Å². The predicted molar refractivity (Wildman–Crippen MR) is 94.9 cm³/mol. The molecule has 1 atom stereocenters. The molecule has 0 saturated carbocycles. The van der Waals surface area contributed by atoms with Gasteiger partial charge in [0.2, 0.25) is 0 Å². The second-order valence-corrected chi connectivity index (χ2v) is 9.23. The van der Waals surface area contributed by atoms with Crippen LogP contribution in [0.5, 0.6) is 0 Å². The lowest BCUT2D eigenvalue weighted by Crippen LogP contribution is -2.24. The smallest absolute Gasteiger partial charge is 0.150 e. The average Bonchev–Trinajstić information content (AvgIpc) is 2.95. The molecule has 20 heavy (non-hydrogen) atoms. The predicted octanol–water partition coefficient (Wildman–Crippen LogP) is 4.48. The second kappa shape index (κ2) is 5.87. The number of rotatable bonds is 3. The molecule has 1 nitrogen and oxygen atoms in total. The first-order valence-electron chi connectivity index (χ1n) is 6.79. The summed E-state index contributed by atoms with van der Waals surface area (Å²) in [7, 11) is -2.60. The topological polar surface area (TPSA) is 17.1 Å². The number of hydrogen-bond acceptors (Lipinski definition) is 1. The molecule has 0 N–H and O–H groups in total. The number of allylic oxidation sites excluding steroid dienone is 2. The minimum atomic E-state index is -2.60. The standard InChI is InChI=1S/C17H16IOP/c18-16-12-7-13-17(16)20(19,14-8-3-1-4-9-14)15-10-5-2-6-11-15/h1-6,8-12,17H,7,13H2/t17-/m0/s1. The van der Waals surface area contributed by atoms with Crippen LogP contribution in [-0.4, -0.2) is 5.66 Å². The zero-order chi connectivity index (χ0) is 14.0. The van der Waals surface area contributed by atoms with E-state index in [0.29, 0.717) is 0 Å². The molecule has 2 aromatic carbocycles. The van der Waals surface area contributed by atoms with Gasteiger partial charge in [0.15, 0.2) is 7.14 Å². The van der Waals surface area contributed by atoms with Gasteiger partial charge in [-0.1, -0.05) is 66.7 Å². The SMILES string of the molecule is O=P(c1ccccc1)(c1ccccc1)[C@H]1CCC=C1I. The van der Waals surface area contributed by atoms with Crippen molar-refractivity contribution in [3.63, 3.8) is 0 Å². The summed E-state index contributed by atoms with van der Waals surface area (Å²) in [6, 6.07) is 19.9. The van der Waals surface area contributed by atoms with Crippen molar-refractivity contribution < 1.29 is 4.57 Å². The summed E-state index contributed by atoms with van der Waals surface area (Å²) in [4.78, 5) is 0. The summed E-state index contributed by atoms with van der Waals surface area (Å²) in [5.74, 6) is 0. The quantitative estimate of drug-likeness (QED) is 0.554. The zero-order valence-electron chi connectivity index (χ0n) is 11.1. The lowest BCUT2D eigenvalue weighted by molar-refractivity contribution is 0.581. The lowest BCUT2D eigenvalue weighted by atomic mass is 10.3. The maximum atomic E-state index is 14.0. The molecule has 0 amide bonds. The van der Waals surface area contributed by atoms with E-state index in [4.69, 9.17) is 0 Å². The van der Waals surface area contributed by atoms with E-state index in [1.807, 2.05) is 60.7 Å². The largest absolute Gasteiger partial charge is 0.313 e. The number of benzene rings is 2. The van der Waals surface area contributed by atoms with Crippen LogP contribution < -0.4 is 10.6 Å². The third-order valence-electron chi connectivity index (χ3n) is 3.82. The van der Waals surface area contributed by atoms with Crippen LogP contribution in [0, 0.1) is 0 Å². The van der Waals surface area contributed by atoms with Gasteiger partial charge in [-0.25, -0.2) is 0 Å². The van der Waals surface area contributed by atoms with Crippen LogP contribution >= 0.6 is 29.7 Å². The Bertz CT molecular complexity index is 620. The molecule has 1 aliphatic rings. The zero-order valence-corrected chi connectivity index (χ0v) is 14.1. The van der Waals surface area contributed by atoms with Gasteiger partial charge < -0.3 is 4.57 Å². The molecular formula is C17H16IOP. The molecular weight excluding hydrogens is 378 g/mol. The van der Waals surface area contributed by atoms with Crippen molar-refractivity contribution in [2.45, 2.75) is 18.5 Å². The summed E-state index contributed by atoms with van der Waals surface area (Å²) in [5, 5.41) is 1.95. The van der Waals surface area contributed by atoms with Gasteiger partial charge in [0.05, 0.1) is 5.66 Å². The van der Waals surface area contributed by atoms with Crippen molar-refractivity contribution in [3.8, 4) is 0 Å². The Kier molecular flexibility index (Phi) is 4.13. The van der Waals surface area contributed by atoms with Gasteiger partial charge in [0.25, 0.3) is 0 Å². The summed E-state index contributed by atoms with van der Waals surface area (Å²) in [6.45, 7) is 0. The fourth-order valence-corrected chi connectivity index (χ4v) is 7.83. The first kappa shape index (κ1) is 14.1. The van der Waals surface area contributed by atoms with E-state index in [-0.39, 0.29) is 5.66 Å². The molecule has 3 heteroatoms.